The average molecular weight is 262 g/mol. The molecule has 1 aromatic carbocycles. The van der Waals surface area contributed by atoms with Crippen molar-refractivity contribution in [3.8, 4) is 0 Å². The van der Waals surface area contributed by atoms with Gasteiger partial charge in [0.2, 0.25) is 0 Å². The molecule has 1 N–H and O–H groups in total. The van der Waals surface area contributed by atoms with Gasteiger partial charge in [-0.25, -0.2) is 4.79 Å². The monoisotopic (exact) mass is 261 g/mol. The Morgan fingerprint density at radius 1 is 1.44 bits per heavy atom. The molecule has 0 saturated carbocycles. The first-order valence-corrected chi connectivity index (χ1v) is 5.68. The van der Waals surface area contributed by atoms with Gasteiger partial charge in [0.15, 0.2) is 0 Å². The summed E-state index contributed by atoms with van der Waals surface area (Å²) in [6.45, 7) is 3.94. The maximum absolute atomic E-state index is 11.2. The number of rotatable bonds is 3. The molecule has 0 aliphatic heterocycles. The SMILES string of the molecule is CCOC(=O)NC(C)c1ccc(Cl)c(Cl)c1. The molecule has 88 valence electrons. The van der Waals surface area contributed by atoms with Crippen LogP contribution in [0.4, 0.5) is 4.79 Å². The summed E-state index contributed by atoms with van der Waals surface area (Å²) in [5, 5.41) is 3.64. The van der Waals surface area contributed by atoms with Crippen LogP contribution in [-0.2, 0) is 4.74 Å². The Kier molecular flexibility index (Phi) is 4.90. The van der Waals surface area contributed by atoms with Crippen molar-refractivity contribution in [1.82, 2.24) is 5.32 Å². The highest BCUT2D eigenvalue weighted by Gasteiger charge is 2.11. The van der Waals surface area contributed by atoms with Gasteiger partial charge in [-0.05, 0) is 31.5 Å². The first kappa shape index (κ1) is 13.1. The van der Waals surface area contributed by atoms with Gasteiger partial charge in [0.05, 0.1) is 22.7 Å². The van der Waals surface area contributed by atoms with Crippen LogP contribution in [0.2, 0.25) is 10.0 Å². The van der Waals surface area contributed by atoms with Crippen LogP contribution in [0.1, 0.15) is 25.5 Å². The number of hydrogen-bond acceptors (Lipinski definition) is 2. The van der Waals surface area contributed by atoms with Crippen molar-refractivity contribution in [1.29, 1.82) is 0 Å². The molecule has 16 heavy (non-hydrogen) atoms. The third-order valence-corrected chi connectivity index (χ3v) is 2.79. The molecule has 0 heterocycles. The highest BCUT2D eigenvalue weighted by atomic mass is 35.5. The fourth-order valence-electron chi connectivity index (χ4n) is 1.21. The van der Waals surface area contributed by atoms with Crippen LogP contribution in [0.25, 0.3) is 0 Å². The molecule has 0 saturated heterocycles. The Hall–Kier alpha value is -0.930. The molecular formula is C11H13Cl2NO2. The normalized spacial score (nSPS) is 12.0. The van der Waals surface area contributed by atoms with E-state index < -0.39 is 6.09 Å². The minimum absolute atomic E-state index is 0.172. The number of halogens is 2. The average Bonchev–Trinajstić information content (AvgIpc) is 2.22. The molecule has 0 spiro atoms. The molecule has 3 nitrogen and oxygen atoms in total. The minimum atomic E-state index is -0.443. The van der Waals surface area contributed by atoms with E-state index in [2.05, 4.69) is 5.32 Å². The van der Waals surface area contributed by atoms with Gasteiger partial charge in [0.25, 0.3) is 0 Å². The fraction of sp³-hybridized carbons (Fsp3) is 0.364. The van der Waals surface area contributed by atoms with Crippen LogP contribution in [0.5, 0.6) is 0 Å². The zero-order valence-electron chi connectivity index (χ0n) is 9.09. The molecule has 0 aliphatic rings. The first-order chi connectivity index (χ1) is 7.54. The molecular weight excluding hydrogens is 249 g/mol. The summed E-state index contributed by atoms with van der Waals surface area (Å²) >= 11 is 11.7. The van der Waals surface area contributed by atoms with Gasteiger partial charge in [0.1, 0.15) is 0 Å². The molecule has 1 atom stereocenters. The van der Waals surface area contributed by atoms with Crippen LogP contribution < -0.4 is 5.32 Å². The number of nitrogens with one attached hydrogen (secondary N) is 1. The van der Waals surface area contributed by atoms with Crippen LogP contribution in [0.3, 0.4) is 0 Å². The smallest absolute Gasteiger partial charge is 0.407 e. The van der Waals surface area contributed by atoms with Crippen molar-refractivity contribution in [3.05, 3.63) is 33.8 Å². The van der Waals surface area contributed by atoms with Crippen molar-refractivity contribution >= 4 is 29.3 Å². The largest absolute Gasteiger partial charge is 0.450 e. The summed E-state index contributed by atoms with van der Waals surface area (Å²) in [5.41, 5.74) is 0.877. The molecule has 0 radical (unpaired) electrons. The summed E-state index contributed by atoms with van der Waals surface area (Å²) in [4.78, 5) is 11.2. The Balaban J connectivity index is 2.69. The predicted molar refractivity (Wildman–Crippen MR) is 65.0 cm³/mol. The fourth-order valence-corrected chi connectivity index (χ4v) is 1.52. The summed E-state index contributed by atoms with van der Waals surface area (Å²) < 4.78 is 4.78. The van der Waals surface area contributed by atoms with Crippen LogP contribution >= 0.6 is 23.2 Å². The van der Waals surface area contributed by atoms with E-state index in [0.29, 0.717) is 16.7 Å². The van der Waals surface area contributed by atoms with Gasteiger partial charge in [-0.1, -0.05) is 29.3 Å². The molecule has 1 rings (SSSR count). The number of alkyl carbamates (subject to hydrolysis) is 1. The summed E-state index contributed by atoms with van der Waals surface area (Å²) in [6.07, 6.45) is -0.443. The van der Waals surface area contributed by atoms with E-state index in [9.17, 15) is 4.79 Å². The van der Waals surface area contributed by atoms with Crippen molar-refractivity contribution in [2.45, 2.75) is 19.9 Å². The molecule has 0 aliphatic carbocycles. The maximum atomic E-state index is 11.2. The van der Waals surface area contributed by atoms with Gasteiger partial charge in [-0.2, -0.15) is 0 Å². The van der Waals surface area contributed by atoms with Crippen LogP contribution in [0, 0.1) is 0 Å². The van der Waals surface area contributed by atoms with Crippen molar-refractivity contribution in [2.75, 3.05) is 6.61 Å². The highest BCUT2D eigenvalue weighted by molar-refractivity contribution is 6.42. The Morgan fingerprint density at radius 2 is 2.12 bits per heavy atom. The number of ether oxygens (including phenoxy) is 1. The first-order valence-electron chi connectivity index (χ1n) is 4.92. The molecule has 0 fully saturated rings. The molecule has 5 heteroatoms. The predicted octanol–water partition coefficient (Wildman–Crippen LogP) is 3.80. The van der Waals surface area contributed by atoms with E-state index in [1.54, 1.807) is 19.1 Å². The van der Waals surface area contributed by atoms with Crippen LogP contribution in [-0.4, -0.2) is 12.7 Å². The lowest BCUT2D eigenvalue weighted by molar-refractivity contribution is 0.149. The Labute approximate surface area is 105 Å². The van der Waals surface area contributed by atoms with E-state index in [-0.39, 0.29) is 6.04 Å². The van der Waals surface area contributed by atoms with Gasteiger partial charge in [-0.3, -0.25) is 0 Å². The topological polar surface area (TPSA) is 38.3 Å². The Bertz CT molecular complexity index is 382. The van der Waals surface area contributed by atoms with Gasteiger partial charge < -0.3 is 10.1 Å². The van der Waals surface area contributed by atoms with Crippen molar-refractivity contribution in [2.24, 2.45) is 0 Å². The number of amides is 1. The lowest BCUT2D eigenvalue weighted by Crippen LogP contribution is -2.27. The van der Waals surface area contributed by atoms with Crippen molar-refractivity contribution < 1.29 is 9.53 Å². The van der Waals surface area contributed by atoms with E-state index in [1.807, 2.05) is 13.0 Å². The summed E-state index contributed by atoms with van der Waals surface area (Å²) in [6, 6.07) is 5.06. The highest BCUT2D eigenvalue weighted by Crippen LogP contribution is 2.25. The zero-order valence-corrected chi connectivity index (χ0v) is 10.6. The molecule has 0 aromatic heterocycles. The zero-order chi connectivity index (χ0) is 12.1. The lowest BCUT2D eigenvalue weighted by atomic mass is 10.1. The maximum Gasteiger partial charge on any atom is 0.407 e. The van der Waals surface area contributed by atoms with E-state index in [1.165, 1.54) is 0 Å². The van der Waals surface area contributed by atoms with Crippen LogP contribution in [0.15, 0.2) is 18.2 Å². The number of benzene rings is 1. The Morgan fingerprint density at radius 3 is 2.69 bits per heavy atom. The second kappa shape index (κ2) is 5.97. The van der Waals surface area contributed by atoms with E-state index in [0.717, 1.165) is 5.56 Å². The number of carbonyl (C=O) groups excluding carboxylic acids is 1. The molecule has 1 amide bonds. The quantitative estimate of drug-likeness (QED) is 0.899. The van der Waals surface area contributed by atoms with Gasteiger partial charge >= 0.3 is 6.09 Å². The molecule has 1 unspecified atom stereocenters. The summed E-state index contributed by atoms with van der Waals surface area (Å²) in [7, 11) is 0. The summed E-state index contributed by atoms with van der Waals surface area (Å²) in [5.74, 6) is 0. The van der Waals surface area contributed by atoms with Crippen molar-refractivity contribution in [3.63, 3.8) is 0 Å². The third kappa shape index (κ3) is 3.58. The second-order valence-electron chi connectivity index (χ2n) is 3.26. The standard InChI is InChI=1S/C11H13Cl2NO2/c1-3-16-11(15)14-7(2)8-4-5-9(12)10(13)6-8/h4-7H,3H2,1-2H3,(H,14,15). The third-order valence-electron chi connectivity index (χ3n) is 2.05. The van der Waals surface area contributed by atoms with Gasteiger partial charge in [-0.15, -0.1) is 0 Å². The number of carbonyl (C=O) groups is 1. The second-order valence-corrected chi connectivity index (χ2v) is 4.07. The van der Waals surface area contributed by atoms with Gasteiger partial charge in [0, 0.05) is 0 Å². The molecule has 1 aromatic rings. The minimum Gasteiger partial charge on any atom is -0.450 e. The lowest BCUT2D eigenvalue weighted by Gasteiger charge is -2.14. The van der Waals surface area contributed by atoms with E-state index >= 15 is 0 Å². The van der Waals surface area contributed by atoms with E-state index in [4.69, 9.17) is 27.9 Å². The number of hydrogen-bond donors (Lipinski definition) is 1. The molecule has 0 bridgehead atoms.